The van der Waals surface area contributed by atoms with Crippen LogP contribution in [0.2, 0.25) is 10.2 Å². The zero-order chi connectivity index (χ0) is 16.5. The van der Waals surface area contributed by atoms with Crippen molar-refractivity contribution in [1.82, 2.24) is 4.98 Å². The number of para-hydroxylation sites is 1. The van der Waals surface area contributed by atoms with Crippen molar-refractivity contribution in [2.75, 3.05) is 5.32 Å². The van der Waals surface area contributed by atoms with Gasteiger partial charge in [-0.3, -0.25) is 4.79 Å². The van der Waals surface area contributed by atoms with E-state index in [1.165, 1.54) is 0 Å². The molecule has 2 atom stereocenters. The van der Waals surface area contributed by atoms with Crippen LogP contribution in [0.25, 0.3) is 10.9 Å². The lowest BCUT2D eigenvalue weighted by Crippen LogP contribution is -2.21. The lowest BCUT2D eigenvalue weighted by molar-refractivity contribution is -0.118. The molecule has 3 nitrogen and oxygen atoms in total. The van der Waals surface area contributed by atoms with Crippen LogP contribution in [0.4, 0.5) is 5.69 Å². The van der Waals surface area contributed by atoms with Crippen LogP contribution in [0.1, 0.15) is 23.5 Å². The maximum atomic E-state index is 12.7. The van der Waals surface area contributed by atoms with E-state index in [4.69, 9.17) is 23.2 Å². The molecule has 3 aromatic rings. The summed E-state index contributed by atoms with van der Waals surface area (Å²) in [7, 11) is 0. The van der Waals surface area contributed by atoms with Crippen LogP contribution in [0.15, 0.2) is 48.5 Å². The molecule has 118 valence electrons. The van der Waals surface area contributed by atoms with Crippen molar-refractivity contribution in [2.24, 2.45) is 0 Å². The summed E-state index contributed by atoms with van der Waals surface area (Å²) in [5.74, 6) is 0.0517. The minimum absolute atomic E-state index is 0.0222. The van der Waals surface area contributed by atoms with E-state index in [9.17, 15) is 4.79 Å². The van der Waals surface area contributed by atoms with E-state index in [0.717, 1.165) is 34.1 Å². The number of hydrogen-bond donors (Lipinski definition) is 1. The summed E-state index contributed by atoms with van der Waals surface area (Å²) in [6.45, 7) is 0. The molecule has 0 bridgehead atoms. The van der Waals surface area contributed by atoms with E-state index in [1.807, 2.05) is 36.4 Å². The fourth-order valence-electron chi connectivity index (χ4n) is 3.89. The summed E-state index contributed by atoms with van der Waals surface area (Å²) in [5, 5.41) is 5.11. The van der Waals surface area contributed by atoms with Crippen LogP contribution in [0.5, 0.6) is 0 Å². The number of carbonyl (C=O) groups is 1. The fraction of sp³-hybridized carbons (Fsp3) is 0.158. The Morgan fingerprint density at radius 1 is 1.12 bits per heavy atom. The number of aromatic nitrogens is 1. The predicted octanol–water partition coefficient (Wildman–Crippen LogP) is 4.92. The number of rotatable bonds is 1. The van der Waals surface area contributed by atoms with Crippen molar-refractivity contribution < 1.29 is 4.79 Å². The molecule has 1 fully saturated rings. The number of anilines is 1. The van der Waals surface area contributed by atoms with Gasteiger partial charge in [-0.15, -0.1) is 0 Å². The third kappa shape index (κ3) is 1.80. The number of pyridine rings is 1. The van der Waals surface area contributed by atoms with Crippen LogP contribution in [-0.4, -0.2) is 10.9 Å². The zero-order valence-electron chi connectivity index (χ0n) is 12.5. The number of benzene rings is 2. The molecule has 1 aliphatic heterocycles. The van der Waals surface area contributed by atoms with Gasteiger partial charge in [0.25, 0.3) is 0 Å². The minimum atomic E-state index is -0.561. The first-order valence-corrected chi connectivity index (χ1v) is 8.52. The van der Waals surface area contributed by atoms with E-state index < -0.39 is 5.41 Å². The molecular weight excluding hydrogens is 343 g/mol. The third-order valence-electron chi connectivity index (χ3n) is 5.16. The summed E-state index contributed by atoms with van der Waals surface area (Å²) >= 11 is 12.6. The number of carbonyl (C=O) groups excluding carboxylic acids is 1. The van der Waals surface area contributed by atoms with Gasteiger partial charge in [-0.1, -0.05) is 41.4 Å². The Balaban J connectivity index is 1.66. The summed E-state index contributed by atoms with van der Waals surface area (Å²) in [6.07, 6.45) is 0.728. The maximum absolute atomic E-state index is 12.7. The molecule has 2 heterocycles. The molecule has 2 aliphatic rings. The van der Waals surface area contributed by atoms with Crippen molar-refractivity contribution in [3.05, 3.63) is 69.8 Å². The summed E-state index contributed by atoms with van der Waals surface area (Å²) in [4.78, 5) is 17.2. The molecule has 1 saturated carbocycles. The van der Waals surface area contributed by atoms with Gasteiger partial charge in [0, 0.05) is 22.0 Å². The second-order valence-corrected chi connectivity index (χ2v) is 7.23. The van der Waals surface area contributed by atoms with E-state index in [1.54, 1.807) is 6.07 Å². The smallest absolute Gasteiger partial charge is 0.235 e. The van der Waals surface area contributed by atoms with Gasteiger partial charge in [-0.25, -0.2) is 4.98 Å². The number of hydrogen-bond acceptors (Lipinski definition) is 2. The lowest BCUT2D eigenvalue weighted by Gasteiger charge is -2.11. The molecule has 1 aromatic heterocycles. The molecule has 1 aliphatic carbocycles. The SMILES string of the molecule is O=C1Nc2ccc(Cl)cc2C12CC2c1cc2ccccc2nc1Cl. The molecule has 1 spiro atoms. The molecule has 24 heavy (non-hydrogen) atoms. The van der Waals surface area contributed by atoms with Crippen molar-refractivity contribution in [2.45, 2.75) is 17.8 Å². The van der Waals surface area contributed by atoms with Crippen molar-refractivity contribution >= 4 is 45.7 Å². The highest BCUT2D eigenvalue weighted by Crippen LogP contribution is 2.66. The number of amides is 1. The molecular formula is C19H12Cl2N2O. The zero-order valence-corrected chi connectivity index (χ0v) is 14.0. The van der Waals surface area contributed by atoms with Gasteiger partial charge in [0.1, 0.15) is 5.15 Å². The number of nitrogens with one attached hydrogen (secondary N) is 1. The van der Waals surface area contributed by atoms with Gasteiger partial charge in [-0.2, -0.15) is 0 Å². The largest absolute Gasteiger partial charge is 0.325 e. The highest BCUT2D eigenvalue weighted by atomic mass is 35.5. The van der Waals surface area contributed by atoms with Gasteiger partial charge in [0.15, 0.2) is 0 Å². The Bertz CT molecular complexity index is 1030. The first-order chi connectivity index (χ1) is 11.6. The summed E-state index contributed by atoms with van der Waals surface area (Å²) in [6, 6.07) is 15.5. The van der Waals surface area contributed by atoms with Crippen molar-refractivity contribution in [3.8, 4) is 0 Å². The number of halogens is 2. The second kappa shape index (κ2) is 4.71. The molecule has 0 radical (unpaired) electrons. The molecule has 1 amide bonds. The van der Waals surface area contributed by atoms with Gasteiger partial charge in [-0.05, 0) is 47.9 Å². The van der Waals surface area contributed by atoms with E-state index in [0.29, 0.717) is 10.2 Å². The summed E-state index contributed by atoms with van der Waals surface area (Å²) in [5.41, 5.74) is 3.04. The molecule has 2 unspecified atom stereocenters. The normalized spacial score (nSPS) is 24.2. The standard InChI is InChI=1S/C19H12Cl2N2O/c20-11-5-6-16-13(8-11)19(18(24)23-16)9-14(19)12-7-10-3-1-2-4-15(10)22-17(12)21/h1-8,14H,9H2,(H,23,24). The van der Waals surface area contributed by atoms with Crippen LogP contribution in [0.3, 0.4) is 0 Å². The monoisotopic (exact) mass is 354 g/mol. The predicted molar refractivity (Wildman–Crippen MR) is 95.9 cm³/mol. The van der Waals surface area contributed by atoms with Gasteiger partial charge >= 0.3 is 0 Å². The molecule has 1 N–H and O–H groups in total. The lowest BCUT2D eigenvalue weighted by atomic mass is 9.92. The Morgan fingerprint density at radius 2 is 1.96 bits per heavy atom. The average molecular weight is 355 g/mol. The fourth-order valence-corrected chi connectivity index (χ4v) is 4.34. The van der Waals surface area contributed by atoms with Crippen LogP contribution < -0.4 is 5.32 Å². The van der Waals surface area contributed by atoms with Crippen LogP contribution >= 0.6 is 23.2 Å². The molecule has 2 aromatic carbocycles. The minimum Gasteiger partial charge on any atom is -0.325 e. The topological polar surface area (TPSA) is 42.0 Å². The third-order valence-corrected chi connectivity index (χ3v) is 5.69. The van der Waals surface area contributed by atoms with Crippen LogP contribution in [0, 0.1) is 0 Å². The Kier molecular flexibility index (Phi) is 2.80. The second-order valence-electron chi connectivity index (χ2n) is 6.43. The number of fused-ring (bicyclic) bond motifs is 3. The maximum Gasteiger partial charge on any atom is 0.235 e. The highest BCUT2D eigenvalue weighted by molar-refractivity contribution is 6.31. The number of nitrogens with zero attached hydrogens (tertiary/aromatic N) is 1. The Labute approximate surface area is 148 Å². The van der Waals surface area contributed by atoms with Gasteiger partial charge in [0.05, 0.1) is 10.9 Å². The first-order valence-electron chi connectivity index (χ1n) is 7.76. The van der Waals surface area contributed by atoms with Crippen LogP contribution in [-0.2, 0) is 10.2 Å². The molecule has 0 saturated heterocycles. The highest BCUT2D eigenvalue weighted by Gasteiger charge is 2.65. The van der Waals surface area contributed by atoms with Crippen molar-refractivity contribution in [3.63, 3.8) is 0 Å². The van der Waals surface area contributed by atoms with Gasteiger partial charge < -0.3 is 5.32 Å². The quantitative estimate of drug-likeness (QED) is 0.630. The van der Waals surface area contributed by atoms with Gasteiger partial charge in [0.2, 0.25) is 5.91 Å². The Hall–Kier alpha value is -2.10. The van der Waals surface area contributed by atoms with E-state index in [2.05, 4.69) is 16.4 Å². The average Bonchev–Trinajstić information content (AvgIpc) is 3.26. The van der Waals surface area contributed by atoms with E-state index >= 15 is 0 Å². The molecule has 5 heteroatoms. The Morgan fingerprint density at radius 3 is 2.83 bits per heavy atom. The molecule has 5 rings (SSSR count). The summed E-state index contributed by atoms with van der Waals surface area (Å²) < 4.78 is 0. The first kappa shape index (κ1) is 14.3. The van der Waals surface area contributed by atoms with Crippen molar-refractivity contribution in [1.29, 1.82) is 0 Å². The van der Waals surface area contributed by atoms with E-state index in [-0.39, 0.29) is 11.8 Å².